The van der Waals surface area contributed by atoms with Crippen molar-refractivity contribution in [1.29, 1.82) is 0 Å². The molecule has 0 aliphatic heterocycles. The lowest BCUT2D eigenvalue weighted by molar-refractivity contribution is 0.399. The van der Waals surface area contributed by atoms with E-state index in [2.05, 4.69) is 81.5 Å². The van der Waals surface area contributed by atoms with E-state index in [-0.39, 0.29) is 0 Å². The van der Waals surface area contributed by atoms with Gasteiger partial charge in [-0.25, -0.2) is 0 Å². The molecule has 1 aromatic heterocycles. The van der Waals surface area contributed by atoms with Gasteiger partial charge in [-0.05, 0) is 85.2 Å². The number of aromatic nitrogens is 1. The van der Waals surface area contributed by atoms with Gasteiger partial charge in [-0.1, -0.05) is 59.6 Å². The zero-order chi connectivity index (χ0) is 26.2. The summed E-state index contributed by atoms with van der Waals surface area (Å²) in [4.78, 5) is 4.52. The Balaban J connectivity index is 1.48. The summed E-state index contributed by atoms with van der Waals surface area (Å²) >= 11 is 18.4. The summed E-state index contributed by atoms with van der Waals surface area (Å²) in [7, 11) is 2.13. The highest BCUT2D eigenvalue weighted by Gasteiger charge is 2.15. The number of halogens is 2. The molecule has 0 unspecified atom stereocenters. The van der Waals surface area contributed by atoms with Gasteiger partial charge in [0.25, 0.3) is 0 Å². The van der Waals surface area contributed by atoms with Crippen LogP contribution in [0.5, 0.6) is 0 Å². The van der Waals surface area contributed by atoms with Crippen molar-refractivity contribution < 1.29 is 0 Å². The minimum Gasteiger partial charge on any atom is -0.375 e. The fourth-order valence-corrected chi connectivity index (χ4v) is 4.80. The van der Waals surface area contributed by atoms with Crippen LogP contribution in [-0.4, -0.2) is 34.7 Å². The van der Waals surface area contributed by atoms with Crippen LogP contribution in [0.2, 0.25) is 10.0 Å². The monoisotopic (exact) mass is 550 g/mol. The maximum atomic E-state index is 6.36. The second-order valence-corrected chi connectivity index (χ2v) is 10.4. The summed E-state index contributed by atoms with van der Waals surface area (Å²) in [5, 5.41) is 5.60. The largest absolute Gasteiger partial charge is 0.375 e. The van der Waals surface area contributed by atoms with E-state index in [4.69, 9.17) is 35.4 Å². The Morgan fingerprint density at radius 3 is 2.41 bits per heavy atom. The average Bonchev–Trinajstić information content (AvgIpc) is 3.34. The minimum absolute atomic E-state index is 0.687. The van der Waals surface area contributed by atoms with Crippen molar-refractivity contribution in [3.8, 4) is 0 Å². The van der Waals surface area contributed by atoms with Crippen molar-refractivity contribution in [3.63, 3.8) is 0 Å². The van der Waals surface area contributed by atoms with E-state index in [0.717, 1.165) is 47.4 Å². The Morgan fingerprint density at radius 2 is 1.65 bits per heavy atom. The molecule has 4 aromatic rings. The molecule has 0 saturated heterocycles. The van der Waals surface area contributed by atoms with Crippen molar-refractivity contribution in [2.24, 2.45) is 0 Å². The summed E-state index contributed by atoms with van der Waals surface area (Å²) < 4.78 is 2.26. The lowest BCUT2D eigenvalue weighted by Crippen LogP contribution is -2.37. The topological polar surface area (TPSA) is 23.4 Å². The van der Waals surface area contributed by atoms with Crippen LogP contribution in [0.25, 0.3) is 0 Å². The Labute approximate surface area is 235 Å². The third kappa shape index (κ3) is 7.51. The fraction of sp³-hybridized carbons (Fsp3) is 0.233. The van der Waals surface area contributed by atoms with E-state index in [0.29, 0.717) is 11.7 Å². The molecule has 0 bridgehead atoms. The van der Waals surface area contributed by atoms with Gasteiger partial charge in [0.05, 0.1) is 6.54 Å². The van der Waals surface area contributed by atoms with Crippen LogP contribution < -0.4 is 10.2 Å². The van der Waals surface area contributed by atoms with Crippen LogP contribution in [0.4, 0.5) is 11.4 Å². The van der Waals surface area contributed by atoms with Crippen LogP contribution in [0.15, 0.2) is 91.1 Å². The molecule has 1 heterocycles. The minimum atomic E-state index is 0.687. The molecular formula is C30H32Cl2N4S. The zero-order valence-corrected chi connectivity index (χ0v) is 23.5. The maximum Gasteiger partial charge on any atom is 0.173 e. The predicted octanol–water partition coefficient (Wildman–Crippen LogP) is 7.88. The van der Waals surface area contributed by atoms with Gasteiger partial charge >= 0.3 is 0 Å². The van der Waals surface area contributed by atoms with Crippen LogP contribution in [0.1, 0.15) is 23.2 Å². The van der Waals surface area contributed by atoms with Gasteiger partial charge in [0.1, 0.15) is 0 Å². The summed E-state index contributed by atoms with van der Waals surface area (Å²) in [6, 6.07) is 28.5. The molecule has 0 fully saturated rings. The fourth-order valence-electron chi connectivity index (χ4n) is 4.23. The van der Waals surface area contributed by atoms with Crippen molar-refractivity contribution in [2.45, 2.75) is 26.4 Å². The highest BCUT2D eigenvalue weighted by molar-refractivity contribution is 7.80. The molecule has 0 amide bonds. The number of rotatable bonds is 10. The van der Waals surface area contributed by atoms with E-state index in [1.807, 2.05) is 43.3 Å². The van der Waals surface area contributed by atoms with Crippen LogP contribution in [-0.2, 0) is 13.1 Å². The van der Waals surface area contributed by atoms with E-state index >= 15 is 0 Å². The van der Waals surface area contributed by atoms with Crippen molar-refractivity contribution in [2.75, 3.05) is 30.4 Å². The summed E-state index contributed by atoms with van der Waals surface area (Å²) in [5.41, 5.74) is 5.52. The molecule has 0 spiro atoms. The Bertz CT molecular complexity index is 1300. The van der Waals surface area contributed by atoms with Gasteiger partial charge in [0.15, 0.2) is 5.11 Å². The average molecular weight is 552 g/mol. The summed E-state index contributed by atoms with van der Waals surface area (Å²) in [6.45, 7) is 5.21. The first-order chi connectivity index (χ1) is 17.9. The van der Waals surface area contributed by atoms with E-state index in [9.17, 15) is 0 Å². The SMILES string of the molecule is Cc1c(Cl)cccc1NC(=S)N(CCCN(C)c1ccccc1)Cc1cccn1Cc1ccc(Cl)cc1. The number of nitrogens with zero attached hydrogens (tertiary/aromatic N) is 3. The second kappa shape index (κ2) is 13.0. The number of nitrogens with one attached hydrogen (secondary N) is 1. The molecule has 0 radical (unpaired) electrons. The second-order valence-electron chi connectivity index (χ2n) is 9.13. The predicted molar refractivity (Wildman–Crippen MR) is 162 cm³/mol. The molecule has 0 saturated carbocycles. The normalized spacial score (nSPS) is 10.8. The Morgan fingerprint density at radius 1 is 0.892 bits per heavy atom. The molecule has 4 rings (SSSR count). The molecule has 3 aromatic carbocycles. The van der Waals surface area contributed by atoms with Crippen LogP contribution in [0, 0.1) is 6.92 Å². The summed E-state index contributed by atoms with van der Waals surface area (Å²) in [5.74, 6) is 0. The highest BCUT2D eigenvalue weighted by atomic mass is 35.5. The van der Waals surface area contributed by atoms with E-state index in [1.165, 1.54) is 16.9 Å². The lowest BCUT2D eigenvalue weighted by Gasteiger charge is -2.28. The molecule has 1 N–H and O–H groups in total. The molecule has 4 nitrogen and oxygen atoms in total. The smallest absolute Gasteiger partial charge is 0.173 e. The van der Waals surface area contributed by atoms with Crippen LogP contribution in [0.3, 0.4) is 0 Å². The van der Waals surface area contributed by atoms with Gasteiger partial charge in [-0.2, -0.15) is 0 Å². The number of benzene rings is 3. The first-order valence-corrected chi connectivity index (χ1v) is 13.5. The quantitative estimate of drug-likeness (QED) is 0.203. The zero-order valence-electron chi connectivity index (χ0n) is 21.2. The van der Waals surface area contributed by atoms with Gasteiger partial charge in [-0.15, -0.1) is 0 Å². The summed E-state index contributed by atoms with van der Waals surface area (Å²) in [6.07, 6.45) is 3.07. The molecule has 0 aliphatic carbocycles. The standard InChI is InChI=1S/C30H32Cl2N4S/c1-23-28(32)12-6-13-29(23)33-30(37)36(20-8-18-34(2)26-9-4-3-5-10-26)22-27-11-7-19-35(27)21-24-14-16-25(31)17-15-24/h3-7,9-17,19H,8,18,20-22H2,1-2H3,(H,33,37). The van der Waals surface area contributed by atoms with E-state index < -0.39 is 0 Å². The first-order valence-electron chi connectivity index (χ1n) is 12.4. The van der Waals surface area contributed by atoms with Gasteiger partial charge in [0.2, 0.25) is 0 Å². The molecule has 0 aliphatic rings. The van der Waals surface area contributed by atoms with Crippen LogP contribution >= 0.6 is 35.4 Å². The third-order valence-corrected chi connectivity index (χ3v) is 7.48. The molecule has 192 valence electrons. The van der Waals surface area contributed by atoms with Gasteiger partial charge < -0.3 is 19.7 Å². The number of para-hydroxylation sites is 1. The third-order valence-electron chi connectivity index (χ3n) is 6.46. The van der Waals surface area contributed by atoms with Gasteiger partial charge in [-0.3, -0.25) is 0 Å². The molecular weight excluding hydrogens is 519 g/mol. The van der Waals surface area contributed by atoms with Crippen molar-refractivity contribution in [3.05, 3.63) is 118 Å². The maximum absolute atomic E-state index is 6.36. The Kier molecular flexibility index (Phi) is 9.51. The first kappa shape index (κ1) is 27.1. The Hall–Kier alpha value is -2.99. The van der Waals surface area contributed by atoms with Crippen molar-refractivity contribution >= 4 is 51.9 Å². The van der Waals surface area contributed by atoms with E-state index in [1.54, 1.807) is 0 Å². The van der Waals surface area contributed by atoms with Crippen molar-refractivity contribution in [1.82, 2.24) is 9.47 Å². The van der Waals surface area contributed by atoms with Gasteiger partial charge in [0, 0.05) is 60.0 Å². The number of hydrogen-bond donors (Lipinski definition) is 1. The number of thiocarbonyl (C=S) groups is 1. The number of anilines is 2. The molecule has 37 heavy (non-hydrogen) atoms. The number of hydrogen-bond acceptors (Lipinski definition) is 2. The highest BCUT2D eigenvalue weighted by Crippen LogP contribution is 2.24. The lowest BCUT2D eigenvalue weighted by atomic mass is 10.2. The molecule has 7 heteroatoms. The molecule has 0 atom stereocenters.